The summed E-state index contributed by atoms with van der Waals surface area (Å²) in [4.78, 5) is 16.5. The average molecular weight is 391 g/mol. The van der Waals surface area contributed by atoms with E-state index in [1.807, 2.05) is 54.6 Å². The summed E-state index contributed by atoms with van der Waals surface area (Å²) in [6, 6.07) is 19.3. The van der Waals surface area contributed by atoms with E-state index in [9.17, 15) is 4.79 Å². The van der Waals surface area contributed by atoms with Crippen molar-refractivity contribution >= 4 is 11.6 Å². The van der Waals surface area contributed by atoms with Crippen LogP contribution in [0.3, 0.4) is 0 Å². The first-order valence-electron chi connectivity index (χ1n) is 9.52. The molecule has 0 spiro atoms. The smallest absolute Gasteiger partial charge is 0.252 e. The highest BCUT2D eigenvalue weighted by molar-refractivity contribution is 5.94. The molecule has 150 valence electrons. The van der Waals surface area contributed by atoms with Gasteiger partial charge in [-0.1, -0.05) is 30.3 Å². The molecule has 0 aliphatic heterocycles. The molecular formula is C23H25N3O3. The summed E-state index contributed by atoms with van der Waals surface area (Å²) in [6.07, 6.45) is 4.05. The van der Waals surface area contributed by atoms with Gasteiger partial charge in [-0.2, -0.15) is 0 Å². The van der Waals surface area contributed by atoms with Crippen LogP contribution < -0.4 is 20.1 Å². The van der Waals surface area contributed by atoms with Gasteiger partial charge < -0.3 is 20.1 Å². The molecule has 0 aliphatic carbocycles. The zero-order valence-corrected chi connectivity index (χ0v) is 16.4. The Morgan fingerprint density at radius 2 is 1.72 bits per heavy atom. The molecule has 2 aromatic carbocycles. The molecule has 3 aromatic rings. The molecule has 1 aromatic heterocycles. The largest absolute Gasteiger partial charge is 0.497 e. The number of anilines is 1. The number of ether oxygens (including phenoxy) is 2. The Balaban J connectivity index is 1.41. The second kappa shape index (κ2) is 10.7. The number of carbonyl (C=O) groups is 1. The van der Waals surface area contributed by atoms with E-state index in [4.69, 9.17) is 9.47 Å². The van der Waals surface area contributed by atoms with E-state index >= 15 is 0 Å². The van der Waals surface area contributed by atoms with Gasteiger partial charge in [0.2, 0.25) is 0 Å². The van der Waals surface area contributed by atoms with Crippen molar-refractivity contribution in [2.24, 2.45) is 0 Å². The fourth-order valence-corrected chi connectivity index (χ4v) is 2.76. The van der Waals surface area contributed by atoms with Crippen LogP contribution in [0.5, 0.6) is 11.5 Å². The van der Waals surface area contributed by atoms with Gasteiger partial charge in [-0.3, -0.25) is 9.78 Å². The van der Waals surface area contributed by atoms with Crippen LogP contribution in [0.15, 0.2) is 73.1 Å². The lowest BCUT2D eigenvalue weighted by Gasteiger charge is -2.10. The Morgan fingerprint density at radius 1 is 0.966 bits per heavy atom. The summed E-state index contributed by atoms with van der Waals surface area (Å²) in [5.74, 6) is 1.43. The number of methoxy groups -OCH3 is 1. The fraction of sp³-hybridized carbons (Fsp3) is 0.217. The third-order valence-electron chi connectivity index (χ3n) is 4.30. The predicted octanol–water partition coefficient (Wildman–Crippen LogP) is 3.55. The molecule has 2 N–H and O–H groups in total. The molecule has 0 aliphatic rings. The fourth-order valence-electron chi connectivity index (χ4n) is 2.76. The van der Waals surface area contributed by atoms with E-state index in [2.05, 4.69) is 15.6 Å². The minimum absolute atomic E-state index is 0.133. The van der Waals surface area contributed by atoms with Crippen molar-refractivity contribution in [3.8, 4) is 11.5 Å². The van der Waals surface area contributed by atoms with Crippen molar-refractivity contribution in [1.82, 2.24) is 10.3 Å². The Hall–Kier alpha value is -3.54. The molecule has 6 nitrogen and oxygen atoms in total. The van der Waals surface area contributed by atoms with Crippen LogP contribution in [0.1, 0.15) is 15.9 Å². The normalized spacial score (nSPS) is 10.2. The maximum Gasteiger partial charge on any atom is 0.252 e. The standard InChI is InChI=1S/C23H25N3O3/c1-28-21-7-9-22(10-8-21)29-14-13-25-20-15-19(16-24-17-20)23(27)26-12-11-18-5-3-2-4-6-18/h2-10,15-17,25H,11-14H2,1H3,(H,26,27). The molecule has 0 saturated carbocycles. The first kappa shape index (κ1) is 20.2. The molecule has 0 fully saturated rings. The lowest BCUT2D eigenvalue weighted by atomic mass is 10.1. The second-order valence-electron chi connectivity index (χ2n) is 6.40. The Kier molecular flexibility index (Phi) is 7.46. The van der Waals surface area contributed by atoms with Crippen molar-refractivity contribution in [2.45, 2.75) is 6.42 Å². The van der Waals surface area contributed by atoms with Crippen LogP contribution in [-0.4, -0.2) is 37.7 Å². The van der Waals surface area contributed by atoms with Crippen molar-refractivity contribution in [1.29, 1.82) is 0 Å². The lowest BCUT2D eigenvalue weighted by Crippen LogP contribution is -2.26. The van der Waals surface area contributed by atoms with Gasteiger partial charge in [-0.05, 0) is 42.3 Å². The van der Waals surface area contributed by atoms with Gasteiger partial charge in [-0.15, -0.1) is 0 Å². The van der Waals surface area contributed by atoms with Gasteiger partial charge in [0.15, 0.2) is 0 Å². The van der Waals surface area contributed by atoms with Gasteiger partial charge in [0, 0.05) is 25.5 Å². The van der Waals surface area contributed by atoms with E-state index in [1.54, 1.807) is 25.6 Å². The number of amides is 1. The molecule has 29 heavy (non-hydrogen) atoms. The van der Waals surface area contributed by atoms with E-state index < -0.39 is 0 Å². The van der Waals surface area contributed by atoms with Crippen LogP contribution >= 0.6 is 0 Å². The molecule has 1 heterocycles. The maximum absolute atomic E-state index is 12.3. The highest BCUT2D eigenvalue weighted by Gasteiger charge is 2.06. The zero-order chi connectivity index (χ0) is 20.3. The average Bonchev–Trinajstić information content (AvgIpc) is 2.78. The third kappa shape index (κ3) is 6.53. The highest BCUT2D eigenvalue weighted by atomic mass is 16.5. The Labute approximate surface area is 170 Å². The number of carbonyl (C=O) groups excluding carboxylic acids is 1. The summed E-state index contributed by atoms with van der Waals surface area (Å²) >= 11 is 0. The number of nitrogens with zero attached hydrogens (tertiary/aromatic N) is 1. The molecule has 0 saturated heterocycles. The summed E-state index contributed by atoms with van der Waals surface area (Å²) in [7, 11) is 1.63. The van der Waals surface area contributed by atoms with Gasteiger partial charge >= 0.3 is 0 Å². The monoisotopic (exact) mass is 391 g/mol. The number of hydrogen-bond donors (Lipinski definition) is 2. The minimum atomic E-state index is -0.133. The van der Waals surface area contributed by atoms with Gasteiger partial charge in [0.05, 0.1) is 18.4 Å². The molecule has 0 bridgehead atoms. The van der Waals surface area contributed by atoms with Gasteiger partial charge in [-0.25, -0.2) is 0 Å². The summed E-state index contributed by atoms with van der Waals surface area (Å²) in [6.45, 7) is 1.66. The van der Waals surface area contributed by atoms with Gasteiger partial charge in [0.25, 0.3) is 5.91 Å². The molecule has 0 atom stereocenters. The lowest BCUT2D eigenvalue weighted by molar-refractivity contribution is 0.0954. The van der Waals surface area contributed by atoms with Crippen LogP contribution in [0.4, 0.5) is 5.69 Å². The van der Waals surface area contributed by atoms with Crippen molar-refractivity contribution < 1.29 is 14.3 Å². The SMILES string of the molecule is COc1ccc(OCCNc2cncc(C(=O)NCCc3ccccc3)c2)cc1. The van der Waals surface area contributed by atoms with Crippen molar-refractivity contribution in [3.05, 3.63) is 84.2 Å². The molecule has 0 radical (unpaired) electrons. The Bertz CT molecular complexity index is 899. The number of aromatic nitrogens is 1. The quantitative estimate of drug-likeness (QED) is 0.517. The zero-order valence-electron chi connectivity index (χ0n) is 16.4. The van der Waals surface area contributed by atoms with E-state index in [0.717, 1.165) is 23.6 Å². The highest BCUT2D eigenvalue weighted by Crippen LogP contribution is 2.17. The number of nitrogens with one attached hydrogen (secondary N) is 2. The van der Waals surface area contributed by atoms with Crippen molar-refractivity contribution in [2.75, 3.05) is 32.1 Å². The number of pyridine rings is 1. The third-order valence-corrected chi connectivity index (χ3v) is 4.30. The Morgan fingerprint density at radius 3 is 2.48 bits per heavy atom. The maximum atomic E-state index is 12.3. The van der Waals surface area contributed by atoms with E-state index in [1.165, 1.54) is 5.56 Å². The van der Waals surface area contributed by atoms with Crippen molar-refractivity contribution in [3.63, 3.8) is 0 Å². The first-order chi connectivity index (χ1) is 14.2. The van der Waals surface area contributed by atoms with Crippen LogP contribution in [-0.2, 0) is 6.42 Å². The molecule has 3 rings (SSSR count). The topological polar surface area (TPSA) is 72.5 Å². The van der Waals surface area contributed by atoms with E-state index in [-0.39, 0.29) is 5.91 Å². The van der Waals surface area contributed by atoms with Crippen LogP contribution in [0.25, 0.3) is 0 Å². The van der Waals surface area contributed by atoms with Crippen LogP contribution in [0.2, 0.25) is 0 Å². The molecule has 6 heteroatoms. The molecule has 0 unspecified atom stereocenters. The predicted molar refractivity (Wildman–Crippen MR) is 114 cm³/mol. The molecule has 1 amide bonds. The minimum Gasteiger partial charge on any atom is -0.497 e. The summed E-state index contributed by atoms with van der Waals surface area (Å²) in [5.41, 5.74) is 2.50. The second-order valence-corrected chi connectivity index (χ2v) is 6.40. The number of hydrogen-bond acceptors (Lipinski definition) is 5. The van der Waals surface area contributed by atoms with Crippen LogP contribution in [0, 0.1) is 0 Å². The first-order valence-corrected chi connectivity index (χ1v) is 9.52. The number of benzene rings is 2. The van der Waals surface area contributed by atoms with Gasteiger partial charge in [0.1, 0.15) is 18.1 Å². The molecular weight excluding hydrogens is 366 g/mol. The summed E-state index contributed by atoms with van der Waals surface area (Å²) in [5, 5.41) is 6.15. The summed E-state index contributed by atoms with van der Waals surface area (Å²) < 4.78 is 10.8. The van der Waals surface area contributed by atoms with E-state index in [0.29, 0.717) is 25.3 Å². The number of rotatable bonds is 10.